The molecule has 2 atom stereocenters. The zero-order valence-electron chi connectivity index (χ0n) is 47.6. The van der Waals surface area contributed by atoms with E-state index in [1.165, 1.54) is 47.1 Å². The number of rotatable bonds is 0. The van der Waals surface area contributed by atoms with Crippen molar-refractivity contribution < 1.29 is 72.1 Å². The van der Waals surface area contributed by atoms with Crippen molar-refractivity contribution in [2.45, 2.75) is 177 Å². The molecule has 6 heterocycles. The van der Waals surface area contributed by atoms with Crippen LogP contribution in [0.25, 0.3) is 36.5 Å². The van der Waals surface area contributed by atoms with Gasteiger partial charge in [-0.2, -0.15) is 0 Å². The number of thiophene rings is 2. The number of para-hydroxylation sites is 1. The Labute approximate surface area is 495 Å². The molecule has 11 heteroatoms. The van der Waals surface area contributed by atoms with Crippen molar-refractivity contribution in [2.24, 2.45) is 5.41 Å². The number of benzene rings is 3. The van der Waals surface area contributed by atoms with E-state index in [4.69, 9.17) is 14.5 Å². The second-order valence-electron chi connectivity index (χ2n) is 25.2. The molecule has 1 aliphatic carbocycles. The van der Waals surface area contributed by atoms with E-state index in [0.29, 0.717) is 31.7 Å². The summed E-state index contributed by atoms with van der Waals surface area (Å²) in [4.78, 5) is 15.2. The standard InChI is InChI=1S/C14H24N4O2.C12H16N.C12H14O.2C12H14S.Rb/c1-13(2,3)11-16-15-10-9-17(7-8-18(10)11)12(19)20-14(4,5)6;1-12(2,3)11-8-9-6-4-5-7-10(9)13-11;2*1-12(2,3)10-8-13-11-7-5-4-6-9(10)11;1-12(2,3)11-8-9-6-4-5-7-10(9)13-11;/h7-9H2,1-6H3;4-8,10-11H,1-3H3;3*4-8H,1-3H3;/q;-1;;;;+1. The molecular weight excluding hydrogens is 1010 g/mol. The van der Waals surface area contributed by atoms with E-state index in [2.05, 4.69) is 215 Å². The van der Waals surface area contributed by atoms with Gasteiger partial charge in [0.1, 0.15) is 17.0 Å². The minimum absolute atomic E-state index is 0. The third kappa shape index (κ3) is 16.5. The van der Waals surface area contributed by atoms with Gasteiger partial charge in [-0.05, 0) is 83.0 Å². The number of nitrogens with zero attached hydrogens (tertiary/aromatic N) is 5. The van der Waals surface area contributed by atoms with E-state index in [0.717, 1.165) is 17.2 Å². The van der Waals surface area contributed by atoms with Gasteiger partial charge in [0.05, 0.1) is 12.8 Å². The van der Waals surface area contributed by atoms with E-state index in [9.17, 15) is 4.79 Å². The maximum Gasteiger partial charge on any atom is 1.00 e. The Hall–Kier alpha value is -3.48. The summed E-state index contributed by atoms with van der Waals surface area (Å²) < 4.78 is 15.8. The van der Waals surface area contributed by atoms with E-state index in [1.54, 1.807) is 4.90 Å². The van der Waals surface area contributed by atoms with E-state index < -0.39 is 5.60 Å². The summed E-state index contributed by atoms with van der Waals surface area (Å²) in [6, 6.07) is 28.4. The fourth-order valence-electron chi connectivity index (χ4n) is 8.37. The Morgan fingerprint density at radius 1 is 0.699 bits per heavy atom. The Morgan fingerprint density at radius 3 is 1.90 bits per heavy atom. The summed E-state index contributed by atoms with van der Waals surface area (Å²) in [5.41, 5.74) is 5.53. The van der Waals surface area contributed by atoms with E-state index in [1.807, 2.05) is 67.9 Å². The number of hydrogen-bond acceptors (Lipinski definition) is 7. The van der Waals surface area contributed by atoms with Gasteiger partial charge in [-0.3, -0.25) is 4.90 Å². The van der Waals surface area contributed by atoms with Crippen LogP contribution in [0.4, 0.5) is 4.79 Å². The van der Waals surface area contributed by atoms with Crippen molar-refractivity contribution in [3.05, 3.63) is 159 Å². The first-order valence-corrected chi connectivity index (χ1v) is 27.2. The average Bonchev–Trinajstić information content (AvgIpc) is 4.13. The smallest absolute Gasteiger partial charge is 0.646 e. The largest absolute Gasteiger partial charge is 1.00 e. The van der Waals surface area contributed by atoms with Crippen LogP contribution in [0.15, 0.2) is 131 Å². The minimum Gasteiger partial charge on any atom is -0.646 e. The summed E-state index contributed by atoms with van der Waals surface area (Å²) in [5, 5.41) is 19.5. The average molecular weight is 1090 g/mol. The molecule has 3 aromatic carbocycles. The molecule has 0 spiro atoms. The molecule has 0 saturated heterocycles. The molecule has 0 saturated carbocycles. The van der Waals surface area contributed by atoms with Crippen LogP contribution >= 0.6 is 22.7 Å². The van der Waals surface area contributed by atoms with Crippen molar-refractivity contribution >= 4 is 59.9 Å². The van der Waals surface area contributed by atoms with Gasteiger partial charge in [0.25, 0.3) is 0 Å². The number of fused-ring (bicyclic) bond motifs is 5. The number of aromatic nitrogens is 3. The summed E-state index contributed by atoms with van der Waals surface area (Å²) in [5.74, 6) is 1.79. The molecule has 386 valence electrons. The third-order valence-electron chi connectivity index (χ3n) is 12.4. The minimum atomic E-state index is -0.473. The molecule has 0 N–H and O–H groups in total. The van der Waals surface area contributed by atoms with E-state index >= 15 is 0 Å². The van der Waals surface area contributed by atoms with Crippen LogP contribution in [0.2, 0.25) is 0 Å². The molecule has 10 rings (SSSR count). The van der Waals surface area contributed by atoms with Gasteiger partial charge in [0, 0.05) is 43.7 Å². The van der Waals surface area contributed by atoms with Gasteiger partial charge in [-0.25, -0.2) is 4.79 Å². The van der Waals surface area contributed by atoms with Crippen molar-refractivity contribution in [2.75, 3.05) is 6.54 Å². The van der Waals surface area contributed by atoms with Crippen molar-refractivity contribution in [3.8, 4) is 0 Å². The quantitative estimate of drug-likeness (QED) is 0.151. The predicted molar refractivity (Wildman–Crippen MR) is 308 cm³/mol. The van der Waals surface area contributed by atoms with Gasteiger partial charge in [-0.15, -0.1) is 38.9 Å². The van der Waals surface area contributed by atoms with Crippen LogP contribution in [-0.2, 0) is 39.5 Å². The summed E-state index contributed by atoms with van der Waals surface area (Å²) in [7, 11) is 0. The third-order valence-corrected chi connectivity index (χ3v) is 14.9. The Morgan fingerprint density at radius 2 is 1.32 bits per heavy atom. The number of amides is 1. The summed E-state index contributed by atoms with van der Waals surface area (Å²) in [6.07, 6.45) is 12.4. The molecule has 3 aliphatic rings. The Bertz CT molecular complexity index is 2890. The van der Waals surface area contributed by atoms with Gasteiger partial charge in [-0.1, -0.05) is 206 Å². The normalized spacial score (nSPS) is 16.6. The van der Waals surface area contributed by atoms with Crippen molar-refractivity contribution in [1.82, 2.24) is 19.7 Å². The molecule has 1 amide bonds. The summed E-state index contributed by atoms with van der Waals surface area (Å²) >= 11 is 3.75. The molecular formula is C62H82N5O3RbS2. The van der Waals surface area contributed by atoms with Gasteiger partial charge >= 0.3 is 64.3 Å². The zero-order chi connectivity index (χ0) is 53.0. The molecule has 0 bridgehead atoms. The molecule has 0 fully saturated rings. The first-order valence-electron chi connectivity index (χ1n) is 25.5. The molecule has 2 aliphatic heterocycles. The molecule has 4 aromatic heterocycles. The molecule has 0 radical (unpaired) electrons. The van der Waals surface area contributed by atoms with E-state index in [-0.39, 0.29) is 91.4 Å². The fraction of sp³-hybridized carbons (Fsp3) is 0.468. The maximum absolute atomic E-state index is 12.1. The van der Waals surface area contributed by atoms with Crippen LogP contribution in [0.3, 0.4) is 0 Å². The number of carbonyl (C=O) groups is 1. The Kier molecular flexibility index (Phi) is 20.0. The van der Waals surface area contributed by atoms with Gasteiger partial charge in [0.2, 0.25) is 0 Å². The molecule has 7 aromatic rings. The molecule has 8 nitrogen and oxygen atoms in total. The predicted octanol–water partition coefficient (Wildman–Crippen LogP) is 14.7. The van der Waals surface area contributed by atoms with Crippen molar-refractivity contribution in [1.29, 1.82) is 0 Å². The monoisotopic (exact) mass is 1090 g/mol. The number of allylic oxidation sites excluding steroid dienone is 2. The molecule has 2 unspecified atom stereocenters. The van der Waals surface area contributed by atoms with Gasteiger partial charge in [0.15, 0.2) is 5.82 Å². The zero-order valence-corrected chi connectivity index (χ0v) is 54.1. The van der Waals surface area contributed by atoms with Gasteiger partial charge < -0.3 is 19.0 Å². The van der Waals surface area contributed by atoms with Crippen LogP contribution in [0.5, 0.6) is 0 Å². The van der Waals surface area contributed by atoms with Crippen LogP contribution < -0.4 is 58.2 Å². The van der Waals surface area contributed by atoms with Crippen molar-refractivity contribution in [3.63, 3.8) is 0 Å². The number of furan rings is 1. The SMILES string of the molecule is CC(C)(C)C1C=C2C=CC=CC2[N-]1.CC(C)(C)OC(=O)N1CCn2c(nnc2C(C)(C)C)C1.CC(C)(C)c1cc2ccccc2s1.CC(C)(C)c1coc2ccccc12.CC(C)(C)c1csc2ccccc12.[Rb+]. The molecule has 73 heavy (non-hydrogen) atoms. The maximum atomic E-state index is 12.1. The fourth-order valence-corrected chi connectivity index (χ4v) is 10.7. The summed E-state index contributed by atoms with van der Waals surface area (Å²) in [6.45, 7) is 40.7. The second-order valence-corrected chi connectivity index (χ2v) is 27.2. The van der Waals surface area contributed by atoms with Crippen LogP contribution in [-0.4, -0.2) is 50.0 Å². The van der Waals surface area contributed by atoms with Crippen LogP contribution in [0.1, 0.15) is 152 Å². The second kappa shape index (κ2) is 24.2. The first-order chi connectivity index (χ1) is 33.4. The number of ether oxygens (including phenoxy) is 1. The Balaban J connectivity index is 0.000000171. The number of carbonyl (C=O) groups excluding carboxylic acids is 1. The number of hydrogen-bond donors (Lipinski definition) is 0. The van der Waals surface area contributed by atoms with Crippen LogP contribution in [0, 0.1) is 5.41 Å². The topological polar surface area (TPSA) is 87.5 Å². The first kappa shape index (κ1) is 60.4.